The molecule has 0 rings (SSSR count). The molecule has 1 unspecified atom stereocenters. The van der Waals surface area contributed by atoms with Crippen LogP contribution in [0.4, 0.5) is 0 Å². The number of rotatable bonds is 3. The highest BCUT2D eigenvalue weighted by atomic mass is 32.2. The fourth-order valence-corrected chi connectivity index (χ4v) is 1.99. The molecular formula is C3H7O6S2. The molecule has 0 aliphatic carbocycles. The van der Waals surface area contributed by atoms with E-state index in [0.717, 1.165) is 0 Å². The van der Waals surface area contributed by atoms with Crippen molar-refractivity contribution in [3.8, 4) is 0 Å². The molecule has 11 heavy (non-hydrogen) atoms. The van der Waals surface area contributed by atoms with Gasteiger partial charge in [0.1, 0.15) is 5.25 Å². The fourth-order valence-electron chi connectivity index (χ4n) is 0.321. The molecule has 8 heteroatoms. The average Bonchev–Trinajstić information content (AvgIpc) is 1.56. The van der Waals surface area contributed by atoms with E-state index in [4.69, 9.17) is 9.11 Å². The number of hydrogen-bond donors (Lipinski definition) is 2. The maximum Gasteiger partial charge on any atom is 0.268 e. The Morgan fingerprint density at radius 3 is 1.64 bits per heavy atom. The topological polar surface area (TPSA) is 109 Å². The molecular weight excluding hydrogens is 196 g/mol. The van der Waals surface area contributed by atoms with Crippen LogP contribution in [0.3, 0.4) is 0 Å². The molecule has 1 radical (unpaired) electrons. The minimum atomic E-state index is -4.49. The van der Waals surface area contributed by atoms with Crippen molar-refractivity contribution in [3.63, 3.8) is 0 Å². The van der Waals surface area contributed by atoms with Gasteiger partial charge in [-0.25, -0.2) is 0 Å². The Balaban J connectivity index is 4.47. The minimum Gasteiger partial charge on any atom is -0.286 e. The van der Waals surface area contributed by atoms with E-state index in [1.165, 1.54) is 0 Å². The van der Waals surface area contributed by atoms with Crippen LogP contribution >= 0.6 is 0 Å². The zero-order chi connectivity index (χ0) is 9.28. The first kappa shape index (κ1) is 10.8. The average molecular weight is 203 g/mol. The van der Waals surface area contributed by atoms with Gasteiger partial charge in [-0.05, 0) is 6.92 Å². The Bertz CT molecular complexity index is 310. The Morgan fingerprint density at radius 2 is 1.55 bits per heavy atom. The van der Waals surface area contributed by atoms with Gasteiger partial charge in [-0.1, -0.05) is 0 Å². The minimum absolute atomic E-state index is 1.11. The van der Waals surface area contributed by atoms with Crippen molar-refractivity contribution < 1.29 is 25.9 Å². The lowest BCUT2D eigenvalue weighted by Gasteiger charge is -2.03. The lowest BCUT2D eigenvalue weighted by atomic mass is 10.6. The predicted octanol–water partition coefficient (Wildman–Crippen LogP) is -1.04. The lowest BCUT2D eigenvalue weighted by Crippen LogP contribution is -2.26. The molecule has 67 valence electrons. The van der Waals surface area contributed by atoms with Crippen molar-refractivity contribution in [3.05, 3.63) is 6.92 Å². The van der Waals surface area contributed by atoms with Crippen LogP contribution in [0.25, 0.3) is 0 Å². The summed E-state index contributed by atoms with van der Waals surface area (Å²) in [5.74, 6) is -1.11. The molecule has 0 heterocycles. The summed E-state index contributed by atoms with van der Waals surface area (Å²) in [5, 5.41) is -1.75. The van der Waals surface area contributed by atoms with E-state index in [1.54, 1.807) is 0 Å². The van der Waals surface area contributed by atoms with Crippen molar-refractivity contribution in [1.82, 2.24) is 0 Å². The third-order valence-electron chi connectivity index (χ3n) is 0.818. The number of hydrogen-bond acceptors (Lipinski definition) is 4. The summed E-state index contributed by atoms with van der Waals surface area (Å²) >= 11 is 0. The van der Waals surface area contributed by atoms with Gasteiger partial charge < -0.3 is 0 Å². The molecule has 0 aliphatic rings. The van der Waals surface area contributed by atoms with E-state index in [0.29, 0.717) is 0 Å². The van der Waals surface area contributed by atoms with Crippen molar-refractivity contribution in [2.45, 2.75) is 5.25 Å². The van der Waals surface area contributed by atoms with Gasteiger partial charge in [-0.15, -0.1) is 0 Å². The molecule has 1 atom stereocenters. The van der Waals surface area contributed by atoms with Crippen molar-refractivity contribution in [2.24, 2.45) is 0 Å². The highest BCUT2D eigenvalue weighted by Crippen LogP contribution is 1.99. The predicted molar refractivity (Wildman–Crippen MR) is 37.1 cm³/mol. The largest absolute Gasteiger partial charge is 0.286 e. The van der Waals surface area contributed by atoms with Gasteiger partial charge in [0.05, 0.1) is 5.75 Å². The van der Waals surface area contributed by atoms with E-state index in [1.807, 2.05) is 0 Å². The SMILES string of the molecule is [CH2]C(CS(=O)(=O)O)S(=O)(=O)O. The lowest BCUT2D eigenvalue weighted by molar-refractivity contribution is 0.464. The standard InChI is InChI=1S/C3H7O6S2/c1-3(11(7,8)9)2-10(4,5)6/h3H,1-2H2,(H,4,5,6)(H,7,8,9). The second-order valence-corrected chi connectivity index (χ2v) is 5.08. The van der Waals surface area contributed by atoms with Crippen LogP contribution < -0.4 is 0 Å². The fraction of sp³-hybridized carbons (Fsp3) is 0.667. The summed E-state index contributed by atoms with van der Waals surface area (Å²) in [4.78, 5) is 0. The molecule has 0 spiro atoms. The van der Waals surface area contributed by atoms with Crippen LogP contribution in [-0.2, 0) is 20.2 Å². The van der Waals surface area contributed by atoms with E-state index < -0.39 is 31.2 Å². The summed E-state index contributed by atoms with van der Waals surface area (Å²) < 4.78 is 56.6. The van der Waals surface area contributed by atoms with Gasteiger partial charge >= 0.3 is 0 Å². The first-order chi connectivity index (χ1) is 4.63. The van der Waals surface area contributed by atoms with Gasteiger partial charge in [0.25, 0.3) is 20.2 Å². The third kappa shape index (κ3) is 5.13. The summed E-state index contributed by atoms with van der Waals surface area (Å²) in [7, 11) is -8.89. The van der Waals surface area contributed by atoms with E-state index in [-0.39, 0.29) is 0 Å². The van der Waals surface area contributed by atoms with Crippen LogP contribution in [0.5, 0.6) is 0 Å². The molecule has 0 amide bonds. The van der Waals surface area contributed by atoms with Crippen molar-refractivity contribution in [1.29, 1.82) is 0 Å². The Morgan fingerprint density at radius 1 is 1.18 bits per heavy atom. The smallest absolute Gasteiger partial charge is 0.268 e. The second kappa shape index (κ2) is 3.05. The molecule has 0 aromatic heterocycles. The van der Waals surface area contributed by atoms with E-state index in [9.17, 15) is 16.8 Å². The molecule has 6 nitrogen and oxygen atoms in total. The Labute approximate surface area is 64.7 Å². The molecule has 2 N–H and O–H groups in total. The first-order valence-corrected chi connectivity index (χ1v) is 5.49. The zero-order valence-corrected chi connectivity index (χ0v) is 6.97. The maximum atomic E-state index is 10.1. The second-order valence-electron chi connectivity index (χ2n) is 1.89. The van der Waals surface area contributed by atoms with Gasteiger partial charge in [0, 0.05) is 0 Å². The summed E-state index contributed by atoms with van der Waals surface area (Å²) in [6.07, 6.45) is 0. The van der Waals surface area contributed by atoms with Crippen molar-refractivity contribution >= 4 is 20.2 Å². The summed E-state index contributed by atoms with van der Waals surface area (Å²) in [5.41, 5.74) is 0. The Hall–Kier alpha value is -0.180. The van der Waals surface area contributed by atoms with Gasteiger partial charge in [0.2, 0.25) is 0 Å². The summed E-state index contributed by atoms with van der Waals surface area (Å²) in [6.45, 7) is 2.82. The molecule has 0 saturated heterocycles. The molecule has 0 fully saturated rings. The first-order valence-electron chi connectivity index (χ1n) is 2.37. The zero-order valence-electron chi connectivity index (χ0n) is 5.34. The van der Waals surface area contributed by atoms with E-state index >= 15 is 0 Å². The van der Waals surface area contributed by atoms with Crippen LogP contribution in [0.1, 0.15) is 0 Å². The maximum absolute atomic E-state index is 10.1. The molecule has 0 aliphatic heterocycles. The van der Waals surface area contributed by atoms with Crippen LogP contribution in [0, 0.1) is 6.92 Å². The van der Waals surface area contributed by atoms with Gasteiger partial charge in [-0.2, -0.15) is 16.8 Å². The molecule has 0 saturated carbocycles. The monoisotopic (exact) mass is 203 g/mol. The molecule has 0 aromatic carbocycles. The normalized spacial score (nSPS) is 16.3. The molecule has 0 aromatic rings. The Kier molecular flexibility index (Phi) is 3.00. The molecule has 0 bridgehead atoms. The third-order valence-corrected chi connectivity index (χ3v) is 2.86. The highest BCUT2D eigenvalue weighted by molar-refractivity contribution is 7.90. The quantitative estimate of drug-likeness (QED) is 0.567. The van der Waals surface area contributed by atoms with Crippen molar-refractivity contribution in [2.75, 3.05) is 5.75 Å². The van der Waals surface area contributed by atoms with Gasteiger partial charge in [-0.3, -0.25) is 9.11 Å². The summed E-state index contributed by atoms with van der Waals surface area (Å²) in [6, 6.07) is 0. The van der Waals surface area contributed by atoms with Crippen LogP contribution in [0.15, 0.2) is 0 Å². The highest BCUT2D eigenvalue weighted by Gasteiger charge is 2.23. The van der Waals surface area contributed by atoms with E-state index in [2.05, 4.69) is 6.92 Å². The van der Waals surface area contributed by atoms with Gasteiger partial charge in [0.15, 0.2) is 0 Å². The van der Waals surface area contributed by atoms with Crippen LogP contribution in [-0.4, -0.2) is 36.9 Å². The van der Waals surface area contributed by atoms with Crippen LogP contribution in [0.2, 0.25) is 0 Å².